The Balaban J connectivity index is 1.76. The van der Waals surface area contributed by atoms with Gasteiger partial charge in [-0.15, -0.1) is 0 Å². The topological polar surface area (TPSA) is 0 Å². The van der Waals surface area contributed by atoms with Gasteiger partial charge in [0, 0.05) is 10.6 Å². The first kappa shape index (κ1) is 22.8. The molecular formula is C37H25Cl. The van der Waals surface area contributed by atoms with Crippen molar-refractivity contribution in [3.8, 4) is 55.6 Å². The molecule has 0 spiro atoms. The highest BCUT2D eigenvalue weighted by Gasteiger charge is 2.32. The fourth-order valence-corrected chi connectivity index (χ4v) is 6.26. The second kappa shape index (κ2) is 9.49. The zero-order valence-electron chi connectivity index (χ0n) is 20.9. The summed E-state index contributed by atoms with van der Waals surface area (Å²) >= 11 is 6.99. The molecular weight excluding hydrogens is 480 g/mol. The molecule has 0 saturated heterocycles. The van der Waals surface area contributed by atoms with Crippen molar-refractivity contribution in [1.82, 2.24) is 0 Å². The van der Waals surface area contributed by atoms with E-state index in [9.17, 15) is 0 Å². The van der Waals surface area contributed by atoms with Crippen LogP contribution in [0.4, 0.5) is 0 Å². The Hall–Kier alpha value is -4.39. The molecule has 0 atom stereocenters. The lowest BCUT2D eigenvalue weighted by Crippen LogP contribution is -2.01. The SMILES string of the molecule is Clc1ccccc1-c1c2c(c(-c3ccccc3)c(-c3ccccc3)c1-c1ccccc1)-c1ccccc1C2. The van der Waals surface area contributed by atoms with Crippen LogP contribution in [0.3, 0.4) is 0 Å². The van der Waals surface area contributed by atoms with Crippen molar-refractivity contribution in [2.45, 2.75) is 6.42 Å². The number of hydrogen-bond donors (Lipinski definition) is 0. The molecule has 0 bridgehead atoms. The van der Waals surface area contributed by atoms with Gasteiger partial charge in [-0.2, -0.15) is 0 Å². The largest absolute Gasteiger partial charge is 0.0837 e. The molecule has 0 unspecified atom stereocenters. The molecule has 1 aliphatic carbocycles. The minimum Gasteiger partial charge on any atom is -0.0837 e. The van der Waals surface area contributed by atoms with E-state index >= 15 is 0 Å². The van der Waals surface area contributed by atoms with Gasteiger partial charge in [-0.3, -0.25) is 0 Å². The van der Waals surface area contributed by atoms with Gasteiger partial charge < -0.3 is 0 Å². The van der Waals surface area contributed by atoms with Gasteiger partial charge in [0.15, 0.2) is 0 Å². The fourth-order valence-electron chi connectivity index (χ4n) is 6.03. The molecule has 0 nitrogen and oxygen atoms in total. The molecule has 180 valence electrons. The number of rotatable bonds is 4. The Kier molecular flexibility index (Phi) is 5.69. The highest BCUT2D eigenvalue weighted by molar-refractivity contribution is 6.34. The quantitative estimate of drug-likeness (QED) is 0.223. The highest BCUT2D eigenvalue weighted by atomic mass is 35.5. The van der Waals surface area contributed by atoms with Crippen LogP contribution in [0.1, 0.15) is 11.1 Å². The predicted octanol–water partition coefficient (Wildman–Crippen LogP) is 10.6. The molecule has 0 saturated carbocycles. The summed E-state index contributed by atoms with van der Waals surface area (Å²) in [7, 11) is 0. The second-order valence-electron chi connectivity index (χ2n) is 9.77. The molecule has 0 aromatic heterocycles. The lowest BCUT2D eigenvalue weighted by Gasteiger charge is -2.26. The Bertz CT molecular complexity index is 1770. The van der Waals surface area contributed by atoms with Crippen LogP contribution >= 0.6 is 11.6 Å². The van der Waals surface area contributed by atoms with E-state index in [1.807, 2.05) is 12.1 Å². The van der Waals surface area contributed by atoms with Crippen LogP contribution < -0.4 is 0 Å². The maximum atomic E-state index is 6.99. The number of fused-ring (bicyclic) bond motifs is 3. The molecule has 6 aromatic rings. The van der Waals surface area contributed by atoms with E-state index in [-0.39, 0.29) is 0 Å². The van der Waals surface area contributed by atoms with Gasteiger partial charge in [0.05, 0.1) is 0 Å². The van der Waals surface area contributed by atoms with Crippen molar-refractivity contribution in [2.75, 3.05) is 0 Å². The van der Waals surface area contributed by atoms with E-state index in [2.05, 4.69) is 127 Å². The van der Waals surface area contributed by atoms with Crippen LogP contribution in [-0.4, -0.2) is 0 Å². The fraction of sp³-hybridized carbons (Fsp3) is 0.0270. The first-order chi connectivity index (χ1) is 18.8. The second-order valence-corrected chi connectivity index (χ2v) is 10.2. The summed E-state index contributed by atoms with van der Waals surface area (Å²) < 4.78 is 0. The van der Waals surface area contributed by atoms with Crippen LogP contribution in [-0.2, 0) is 6.42 Å². The van der Waals surface area contributed by atoms with E-state index in [4.69, 9.17) is 11.6 Å². The summed E-state index contributed by atoms with van der Waals surface area (Å²) in [6, 6.07) is 49.6. The molecule has 0 fully saturated rings. The standard InChI is InChI=1S/C37H25Cl/c38-32-23-13-12-22-30(32)37-31-24-28-20-10-11-21-29(28)36(31)34(26-16-6-2-7-17-26)33(25-14-4-1-5-15-25)35(37)27-18-8-3-9-19-27/h1-23H,24H2. The van der Waals surface area contributed by atoms with Gasteiger partial charge in [0.2, 0.25) is 0 Å². The van der Waals surface area contributed by atoms with Gasteiger partial charge in [0.1, 0.15) is 0 Å². The number of halogens is 1. The van der Waals surface area contributed by atoms with Gasteiger partial charge in [0.25, 0.3) is 0 Å². The molecule has 1 heteroatoms. The molecule has 7 rings (SSSR count). The minimum absolute atomic E-state index is 0.773. The van der Waals surface area contributed by atoms with Crippen LogP contribution in [0.15, 0.2) is 140 Å². The Morgan fingerprint density at radius 1 is 0.368 bits per heavy atom. The minimum atomic E-state index is 0.773. The third-order valence-corrected chi connectivity index (χ3v) is 7.92. The summed E-state index contributed by atoms with van der Waals surface area (Å²) in [6.45, 7) is 0. The van der Waals surface area contributed by atoms with Crippen LogP contribution in [0.25, 0.3) is 55.6 Å². The highest BCUT2D eigenvalue weighted by Crippen LogP contribution is 2.56. The van der Waals surface area contributed by atoms with Gasteiger partial charge in [-0.25, -0.2) is 0 Å². The molecule has 6 aromatic carbocycles. The average Bonchev–Trinajstić information content (AvgIpc) is 3.37. The van der Waals surface area contributed by atoms with Crippen LogP contribution in [0, 0.1) is 0 Å². The number of hydrogen-bond acceptors (Lipinski definition) is 0. The van der Waals surface area contributed by atoms with E-state index in [1.165, 1.54) is 61.2 Å². The predicted molar refractivity (Wildman–Crippen MR) is 161 cm³/mol. The average molecular weight is 505 g/mol. The third-order valence-electron chi connectivity index (χ3n) is 7.59. The van der Waals surface area contributed by atoms with E-state index in [0.29, 0.717) is 0 Å². The summed E-state index contributed by atoms with van der Waals surface area (Å²) in [4.78, 5) is 0. The zero-order valence-corrected chi connectivity index (χ0v) is 21.6. The van der Waals surface area contributed by atoms with Crippen LogP contribution in [0.5, 0.6) is 0 Å². The van der Waals surface area contributed by atoms with Crippen molar-refractivity contribution in [2.24, 2.45) is 0 Å². The van der Waals surface area contributed by atoms with Gasteiger partial charge >= 0.3 is 0 Å². The molecule has 0 radical (unpaired) electrons. The Labute approximate surface area is 228 Å². The van der Waals surface area contributed by atoms with Crippen molar-refractivity contribution >= 4 is 11.6 Å². The van der Waals surface area contributed by atoms with E-state index in [1.54, 1.807) is 0 Å². The molecule has 0 N–H and O–H groups in total. The van der Waals surface area contributed by atoms with E-state index in [0.717, 1.165) is 17.0 Å². The van der Waals surface area contributed by atoms with Crippen molar-refractivity contribution in [1.29, 1.82) is 0 Å². The third kappa shape index (κ3) is 3.69. The Morgan fingerprint density at radius 3 is 1.29 bits per heavy atom. The summed E-state index contributed by atoms with van der Waals surface area (Å²) in [5.41, 5.74) is 15.0. The molecule has 1 aliphatic rings. The molecule has 0 amide bonds. The molecule has 0 aliphatic heterocycles. The van der Waals surface area contributed by atoms with Crippen molar-refractivity contribution < 1.29 is 0 Å². The monoisotopic (exact) mass is 504 g/mol. The lowest BCUT2D eigenvalue weighted by atomic mass is 9.77. The number of benzene rings is 6. The lowest BCUT2D eigenvalue weighted by molar-refractivity contribution is 1.26. The maximum absolute atomic E-state index is 6.99. The summed E-state index contributed by atoms with van der Waals surface area (Å²) in [6.07, 6.45) is 0.876. The first-order valence-electron chi connectivity index (χ1n) is 13.0. The van der Waals surface area contributed by atoms with Crippen LogP contribution in [0.2, 0.25) is 5.02 Å². The molecule has 0 heterocycles. The van der Waals surface area contributed by atoms with Gasteiger partial charge in [-0.1, -0.05) is 145 Å². The smallest absolute Gasteiger partial charge is 0.0484 e. The molecule has 38 heavy (non-hydrogen) atoms. The van der Waals surface area contributed by atoms with Crippen molar-refractivity contribution in [3.05, 3.63) is 156 Å². The van der Waals surface area contributed by atoms with Gasteiger partial charge in [-0.05, 0) is 73.7 Å². The summed E-state index contributed by atoms with van der Waals surface area (Å²) in [5, 5.41) is 0.773. The first-order valence-corrected chi connectivity index (χ1v) is 13.4. The Morgan fingerprint density at radius 2 is 0.763 bits per heavy atom. The van der Waals surface area contributed by atoms with E-state index < -0.39 is 0 Å². The summed E-state index contributed by atoms with van der Waals surface area (Å²) in [5.74, 6) is 0. The zero-order chi connectivity index (χ0) is 25.5. The maximum Gasteiger partial charge on any atom is 0.0484 e. The van der Waals surface area contributed by atoms with Crippen molar-refractivity contribution in [3.63, 3.8) is 0 Å². The normalized spacial score (nSPS) is 11.7.